The van der Waals surface area contributed by atoms with Gasteiger partial charge in [-0.05, 0) is 35.9 Å². The molecule has 6 rings (SSSR count). The van der Waals surface area contributed by atoms with E-state index < -0.39 is 0 Å². The summed E-state index contributed by atoms with van der Waals surface area (Å²) in [6.45, 7) is 4.09. The van der Waals surface area contributed by atoms with E-state index in [0.717, 1.165) is 36.2 Å². The van der Waals surface area contributed by atoms with Gasteiger partial charge in [0.1, 0.15) is 34.9 Å². The summed E-state index contributed by atoms with van der Waals surface area (Å²) in [5, 5.41) is 13.0. The summed E-state index contributed by atoms with van der Waals surface area (Å²) in [5.41, 5.74) is 4.67. The summed E-state index contributed by atoms with van der Waals surface area (Å²) in [5.74, 6) is 1.59. The number of hydrogen-bond donors (Lipinski definition) is 1. The van der Waals surface area contributed by atoms with Gasteiger partial charge in [0.05, 0.1) is 31.5 Å². The molecule has 9 heteroatoms. The van der Waals surface area contributed by atoms with Crippen molar-refractivity contribution in [1.82, 2.24) is 15.2 Å². The Morgan fingerprint density at radius 1 is 1.10 bits per heavy atom. The Hall–Kier alpha value is -4.39. The first-order chi connectivity index (χ1) is 19.1. The maximum Gasteiger partial charge on any atom is 0.257 e. The van der Waals surface area contributed by atoms with E-state index in [1.807, 2.05) is 47.4 Å². The van der Waals surface area contributed by atoms with Gasteiger partial charge in [0.2, 0.25) is 0 Å². The maximum atomic E-state index is 13.1. The molecule has 1 unspecified atom stereocenters. The molecule has 2 aliphatic heterocycles. The number of nitriles is 1. The second kappa shape index (κ2) is 10.8. The molecule has 0 radical (unpaired) electrons. The van der Waals surface area contributed by atoms with Crippen molar-refractivity contribution >= 4 is 17.0 Å². The lowest BCUT2D eigenvalue weighted by Crippen LogP contribution is -2.46. The number of fused-ring (bicyclic) bond motifs is 1. The fraction of sp³-hybridized carbons (Fsp3) is 0.300. The second-order valence-electron chi connectivity index (χ2n) is 9.57. The van der Waals surface area contributed by atoms with Crippen molar-refractivity contribution in [1.29, 1.82) is 5.26 Å². The molecule has 1 atom stereocenters. The van der Waals surface area contributed by atoms with E-state index >= 15 is 0 Å². The number of nitrogens with zero attached hydrogens (tertiary/aromatic N) is 3. The average molecular weight is 525 g/mol. The highest BCUT2D eigenvalue weighted by Crippen LogP contribution is 2.37. The number of piperazine rings is 1. The molecule has 1 amide bonds. The predicted molar refractivity (Wildman–Crippen MR) is 145 cm³/mol. The first kappa shape index (κ1) is 24.9. The van der Waals surface area contributed by atoms with Crippen LogP contribution in [0.25, 0.3) is 33.6 Å². The van der Waals surface area contributed by atoms with Crippen molar-refractivity contribution < 1.29 is 23.4 Å². The van der Waals surface area contributed by atoms with Gasteiger partial charge in [-0.15, -0.1) is 0 Å². The van der Waals surface area contributed by atoms with E-state index in [1.165, 1.54) is 0 Å². The molecular weight excluding hydrogens is 496 g/mol. The maximum absolute atomic E-state index is 13.1. The largest absolute Gasteiger partial charge is 0.496 e. The van der Waals surface area contributed by atoms with Crippen LogP contribution < -0.4 is 14.8 Å². The van der Waals surface area contributed by atoms with Gasteiger partial charge in [-0.1, -0.05) is 12.1 Å². The normalized spacial score (nSPS) is 17.2. The first-order valence-electron chi connectivity index (χ1n) is 13.0. The third kappa shape index (κ3) is 4.92. The SMILES string of the molecule is COc1cc(-c2cc3nccc(-c4ccc(OC5CCOC5)c(C#N)c4)c3o2)ccc1C(=O)N1CCNCC1. The molecule has 0 bridgehead atoms. The van der Waals surface area contributed by atoms with Gasteiger partial charge >= 0.3 is 0 Å². The number of carbonyl (C=O) groups is 1. The Kier molecular flexibility index (Phi) is 6.88. The van der Waals surface area contributed by atoms with Crippen LogP contribution >= 0.6 is 0 Å². The number of benzene rings is 2. The smallest absolute Gasteiger partial charge is 0.257 e. The lowest BCUT2D eigenvalue weighted by atomic mass is 10.0. The summed E-state index contributed by atoms with van der Waals surface area (Å²) < 4.78 is 23.3. The Bertz CT molecular complexity index is 1560. The molecule has 2 aromatic carbocycles. The number of amides is 1. The van der Waals surface area contributed by atoms with Crippen molar-refractivity contribution in [2.75, 3.05) is 46.5 Å². The van der Waals surface area contributed by atoms with E-state index in [9.17, 15) is 10.1 Å². The molecule has 0 saturated carbocycles. The fourth-order valence-electron chi connectivity index (χ4n) is 5.04. The minimum atomic E-state index is -0.0466. The van der Waals surface area contributed by atoms with Crippen LogP contribution in [0.4, 0.5) is 0 Å². The van der Waals surface area contributed by atoms with Crippen LogP contribution in [0.2, 0.25) is 0 Å². The van der Waals surface area contributed by atoms with Crippen molar-refractivity contribution in [2.45, 2.75) is 12.5 Å². The zero-order valence-electron chi connectivity index (χ0n) is 21.6. The number of ether oxygens (including phenoxy) is 3. The minimum Gasteiger partial charge on any atom is -0.496 e. The number of hydrogen-bond acceptors (Lipinski definition) is 8. The van der Waals surface area contributed by atoms with Crippen LogP contribution in [0.3, 0.4) is 0 Å². The van der Waals surface area contributed by atoms with Crippen LogP contribution in [0.5, 0.6) is 11.5 Å². The van der Waals surface area contributed by atoms with Gasteiger partial charge in [-0.2, -0.15) is 5.26 Å². The van der Waals surface area contributed by atoms with Crippen LogP contribution in [0.15, 0.2) is 59.1 Å². The highest BCUT2D eigenvalue weighted by molar-refractivity contribution is 5.98. The highest BCUT2D eigenvalue weighted by Gasteiger charge is 2.23. The molecule has 0 aliphatic carbocycles. The number of pyridine rings is 1. The molecule has 198 valence electrons. The number of nitrogens with one attached hydrogen (secondary N) is 1. The van der Waals surface area contributed by atoms with Gasteiger partial charge in [0, 0.05) is 56.0 Å². The summed E-state index contributed by atoms with van der Waals surface area (Å²) in [6, 6.07) is 17.0. The van der Waals surface area contributed by atoms with E-state index in [0.29, 0.717) is 65.8 Å². The molecule has 4 heterocycles. The quantitative estimate of drug-likeness (QED) is 0.399. The van der Waals surface area contributed by atoms with Crippen molar-refractivity contribution in [3.8, 4) is 40.0 Å². The standard InChI is InChI=1S/C30H28N4O5/c1-36-28-15-20(2-4-24(28)30(35)34-11-9-32-10-12-34)27-16-25-29(39-27)23(6-8-33-25)19-3-5-26(21(14-19)17-31)38-22-7-13-37-18-22/h2-6,8,14-16,22,32H,7,9-13,18H2,1H3. The summed E-state index contributed by atoms with van der Waals surface area (Å²) in [7, 11) is 1.56. The topological polar surface area (TPSA) is 110 Å². The third-order valence-corrected chi connectivity index (χ3v) is 7.13. The Labute approximate surface area is 225 Å². The highest BCUT2D eigenvalue weighted by atomic mass is 16.5. The van der Waals surface area contributed by atoms with Gasteiger partial charge in [0.25, 0.3) is 5.91 Å². The molecule has 2 aromatic heterocycles. The Morgan fingerprint density at radius 3 is 2.72 bits per heavy atom. The van der Waals surface area contributed by atoms with Crippen molar-refractivity contribution in [3.05, 3.63) is 65.9 Å². The van der Waals surface area contributed by atoms with Crippen LogP contribution in [-0.4, -0.2) is 68.4 Å². The Morgan fingerprint density at radius 2 is 1.95 bits per heavy atom. The molecule has 1 N–H and O–H groups in total. The summed E-state index contributed by atoms with van der Waals surface area (Å²) in [6.07, 6.45) is 2.49. The monoisotopic (exact) mass is 524 g/mol. The molecular formula is C30H28N4O5. The number of carbonyl (C=O) groups excluding carboxylic acids is 1. The van der Waals surface area contributed by atoms with Crippen LogP contribution in [0.1, 0.15) is 22.3 Å². The number of rotatable bonds is 6. The van der Waals surface area contributed by atoms with Gasteiger partial charge in [0.15, 0.2) is 5.58 Å². The lowest BCUT2D eigenvalue weighted by Gasteiger charge is -2.28. The first-order valence-corrected chi connectivity index (χ1v) is 13.0. The van der Waals surface area contributed by atoms with Crippen LogP contribution in [-0.2, 0) is 4.74 Å². The number of methoxy groups -OCH3 is 1. The van der Waals surface area contributed by atoms with Gasteiger partial charge < -0.3 is 28.8 Å². The molecule has 4 aromatic rings. The third-order valence-electron chi connectivity index (χ3n) is 7.13. The fourth-order valence-corrected chi connectivity index (χ4v) is 5.04. The Balaban J connectivity index is 1.32. The van der Waals surface area contributed by atoms with Crippen molar-refractivity contribution in [2.24, 2.45) is 0 Å². The molecule has 2 saturated heterocycles. The molecule has 2 fully saturated rings. The lowest BCUT2D eigenvalue weighted by molar-refractivity contribution is 0.0732. The van der Waals surface area contributed by atoms with E-state index in [2.05, 4.69) is 16.4 Å². The van der Waals surface area contributed by atoms with Gasteiger partial charge in [-0.25, -0.2) is 0 Å². The molecule has 39 heavy (non-hydrogen) atoms. The van der Waals surface area contributed by atoms with E-state index in [1.54, 1.807) is 19.4 Å². The minimum absolute atomic E-state index is 0.0428. The van der Waals surface area contributed by atoms with E-state index in [4.69, 9.17) is 18.6 Å². The molecule has 2 aliphatic rings. The second-order valence-corrected chi connectivity index (χ2v) is 9.57. The average Bonchev–Trinajstić information content (AvgIpc) is 3.67. The zero-order chi connectivity index (χ0) is 26.8. The van der Waals surface area contributed by atoms with Gasteiger partial charge in [-0.3, -0.25) is 9.78 Å². The predicted octanol–water partition coefficient (Wildman–Crippen LogP) is 4.26. The van der Waals surface area contributed by atoms with Crippen LogP contribution in [0, 0.1) is 11.3 Å². The zero-order valence-corrected chi connectivity index (χ0v) is 21.6. The number of aromatic nitrogens is 1. The molecule has 9 nitrogen and oxygen atoms in total. The summed E-state index contributed by atoms with van der Waals surface area (Å²) >= 11 is 0. The summed E-state index contributed by atoms with van der Waals surface area (Å²) in [4.78, 5) is 19.4. The molecule has 0 spiro atoms. The number of furan rings is 1. The van der Waals surface area contributed by atoms with E-state index in [-0.39, 0.29) is 12.0 Å². The van der Waals surface area contributed by atoms with Crippen molar-refractivity contribution in [3.63, 3.8) is 0 Å².